The highest BCUT2D eigenvalue weighted by molar-refractivity contribution is 7.99. The molecule has 0 radical (unpaired) electrons. The molecule has 1 fully saturated rings. The Morgan fingerprint density at radius 2 is 2.04 bits per heavy atom. The van der Waals surface area contributed by atoms with E-state index in [-0.39, 0.29) is 5.75 Å². The van der Waals surface area contributed by atoms with Crippen molar-refractivity contribution in [3.8, 4) is 0 Å². The number of rotatable bonds is 5. The van der Waals surface area contributed by atoms with Gasteiger partial charge in [0.25, 0.3) is 5.91 Å². The second kappa shape index (κ2) is 6.51. The monoisotopic (exact) mass is 361 g/mol. The van der Waals surface area contributed by atoms with Crippen LogP contribution in [0, 0.1) is 0 Å². The molecule has 4 amide bonds. The summed E-state index contributed by atoms with van der Waals surface area (Å²) in [5.74, 6) is -1.12. The Morgan fingerprint density at radius 3 is 2.68 bits per heavy atom. The lowest BCUT2D eigenvalue weighted by atomic mass is 9.92. The molecule has 0 saturated carbocycles. The van der Waals surface area contributed by atoms with Crippen LogP contribution in [0.1, 0.15) is 12.5 Å². The molecule has 11 heteroatoms. The minimum atomic E-state index is -1.23. The summed E-state index contributed by atoms with van der Waals surface area (Å²) in [6.07, 6.45) is 0. The largest absolute Gasteiger partial charge is 0.344 e. The highest BCUT2D eigenvalue weighted by Gasteiger charge is 2.49. The van der Waals surface area contributed by atoms with Gasteiger partial charge in [-0.1, -0.05) is 42.1 Å². The van der Waals surface area contributed by atoms with E-state index < -0.39 is 23.4 Å². The Bertz CT molecular complexity index is 825. The lowest BCUT2D eigenvalue weighted by Gasteiger charge is -2.22. The standard InChI is InChI=1S/C14H15N7O3S/c1-14(9-6-4-3-5-7-9)11(23)21(12(24)15-14)17-10(22)8-25-13-16-18-19-20(13)2/h3-7H,8H2,1-2H3,(H,15,24)(H,17,22). The predicted molar refractivity (Wildman–Crippen MR) is 86.8 cm³/mol. The fraction of sp³-hybridized carbons (Fsp3) is 0.286. The van der Waals surface area contributed by atoms with Crippen molar-refractivity contribution in [2.45, 2.75) is 17.6 Å². The maximum atomic E-state index is 12.6. The highest BCUT2D eigenvalue weighted by Crippen LogP contribution is 2.27. The van der Waals surface area contributed by atoms with Gasteiger partial charge < -0.3 is 5.32 Å². The van der Waals surface area contributed by atoms with E-state index in [0.29, 0.717) is 15.7 Å². The second-order valence-corrected chi connectivity index (χ2v) is 6.41. The molecule has 1 atom stereocenters. The van der Waals surface area contributed by atoms with E-state index in [9.17, 15) is 14.4 Å². The summed E-state index contributed by atoms with van der Waals surface area (Å²) in [4.78, 5) is 36.8. The van der Waals surface area contributed by atoms with Gasteiger partial charge in [0.2, 0.25) is 11.1 Å². The molecule has 2 aromatic rings. The second-order valence-electron chi connectivity index (χ2n) is 5.47. The number of nitrogens with one attached hydrogen (secondary N) is 2. The number of nitrogens with zero attached hydrogens (tertiary/aromatic N) is 5. The molecule has 0 aliphatic carbocycles. The summed E-state index contributed by atoms with van der Waals surface area (Å²) < 4.78 is 1.41. The molecule has 1 aromatic carbocycles. The van der Waals surface area contributed by atoms with Crippen molar-refractivity contribution in [3.63, 3.8) is 0 Å². The highest BCUT2D eigenvalue weighted by atomic mass is 32.2. The van der Waals surface area contributed by atoms with Crippen LogP contribution in [0.2, 0.25) is 0 Å². The molecule has 0 bridgehead atoms. The van der Waals surface area contributed by atoms with Crippen LogP contribution < -0.4 is 10.7 Å². The van der Waals surface area contributed by atoms with Gasteiger partial charge in [-0.05, 0) is 22.9 Å². The maximum absolute atomic E-state index is 12.6. The number of aromatic nitrogens is 4. The first-order valence-electron chi connectivity index (χ1n) is 7.28. The number of hydrazine groups is 1. The number of amides is 4. The van der Waals surface area contributed by atoms with Gasteiger partial charge >= 0.3 is 6.03 Å². The number of carbonyl (C=O) groups is 3. The molecule has 2 N–H and O–H groups in total. The van der Waals surface area contributed by atoms with E-state index in [1.807, 2.05) is 6.07 Å². The van der Waals surface area contributed by atoms with Crippen molar-refractivity contribution in [1.29, 1.82) is 0 Å². The molecule has 25 heavy (non-hydrogen) atoms. The van der Waals surface area contributed by atoms with Crippen molar-refractivity contribution < 1.29 is 14.4 Å². The van der Waals surface area contributed by atoms with Crippen molar-refractivity contribution in [3.05, 3.63) is 35.9 Å². The first kappa shape index (κ1) is 16.9. The van der Waals surface area contributed by atoms with Crippen LogP contribution in [0.5, 0.6) is 0 Å². The van der Waals surface area contributed by atoms with Crippen LogP contribution in [-0.4, -0.2) is 48.8 Å². The Labute approximate surface area is 146 Å². The van der Waals surface area contributed by atoms with E-state index in [4.69, 9.17) is 0 Å². The predicted octanol–water partition coefficient (Wildman–Crippen LogP) is -0.199. The maximum Gasteiger partial charge on any atom is 0.344 e. The third kappa shape index (κ3) is 3.18. The summed E-state index contributed by atoms with van der Waals surface area (Å²) in [5, 5.41) is 14.6. The molecule has 10 nitrogen and oxygen atoms in total. The number of aryl methyl sites for hydroxylation is 1. The van der Waals surface area contributed by atoms with Gasteiger partial charge in [0.05, 0.1) is 5.75 Å². The Morgan fingerprint density at radius 1 is 1.32 bits per heavy atom. The average Bonchev–Trinajstić information content (AvgIpc) is 3.11. The molecular weight excluding hydrogens is 346 g/mol. The van der Waals surface area contributed by atoms with Crippen molar-refractivity contribution in [2.75, 3.05) is 5.75 Å². The van der Waals surface area contributed by atoms with Gasteiger partial charge in [-0.3, -0.25) is 15.0 Å². The number of hydrogen-bond acceptors (Lipinski definition) is 7. The zero-order valence-electron chi connectivity index (χ0n) is 13.5. The van der Waals surface area contributed by atoms with E-state index in [1.165, 1.54) is 4.68 Å². The van der Waals surface area contributed by atoms with E-state index in [1.54, 1.807) is 38.2 Å². The summed E-state index contributed by atoms with van der Waals surface area (Å²) in [6, 6.07) is 8.14. The number of thioether (sulfide) groups is 1. The van der Waals surface area contributed by atoms with Crippen LogP contribution in [0.25, 0.3) is 0 Å². The third-order valence-corrected chi connectivity index (χ3v) is 4.70. The van der Waals surface area contributed by atoms with Crippen LogP contribution in [-0.2, 0) is 22.2 Å². The number of benzene rings is 1. The first-order valence-corrected chi connectivity index (χ1v) is 8.27. The Hall–Kier alpha value is -2.95. The number of urea groups is 1. The molecule has 2 heterocycles. The topological polar surface area (TPSA) is 122 Å². The zero-order chi connectivity index (χ0) is 18.0. The smallest absolute Gasteiger partial charge is 0.318 e. The summed E-state index contributed by atoms with van der Waals surface area (Å²) in [5.41, 5.74) is 1.72. The fourth-order valence-electron chi connectivity index (χ4n) is 2.34. The molecule has 130 valence electrons. The van der Waals surface area contributed by atoms with Crippen LogP contribution in [0.3, 0.4) is 0 Å². The number of imide groups is 1. The number of tetrazole rings is 1. The van der Waals surface area contributed by atoms with Gasteiger partial charge in [0, 0.05) is 7.05 Å². The molecule has 3 rings (SSSR count). The van der Waals surface area contributed by atoms with Crippen molar-refractivity contribution in [1.82, 2.24) is 36.0 Å². The summed E-state index contributed by atoms with van der Waals surface area (Å²) >= 11 is 1.09. The van der Waals surface area contributed by atoms with E-state index in [0.717, 1.165) is 11.8 Å². The van der Waals surface area contributed by atoms with Gasteiger partial charge in [-0.15, -0.1) is 5.10 Å². The van der Waals surface area contributed by atoms with Crippen LogP contribution in [0.15, 0.2) is 35.5 Å². The molecular formula is C14H15N7O3S. The van der Waals surface area contributed by atoms with Gasteiger partial charge in [0.1, 0.15) is 5.54 Å². The van der Waals surface area contributed by atoms with E-state index in [2.05, 4.69) is 26.3 Å². The normalized spacial score (nSPS) is 19.8. The Balaban J connectivity index is 1.67. The lowest BCUT2D eigenvalue weighted by molar-refractivity contribution is -0.138. The first-order chi connectivity index (χ1) is 11.9. The molecule has 1 aromatic heterocycles. The molecule has 1 unspecified atom stereocenters. The Kier molecular flexibility index (Phi) is 4.40. The quantitative estimate of drug-likeness (QED) is 0.558. The average molecular weight is 361 g/mol. The molecule has 1 aliphatic heterocycles. The number of hydrogen-bond donors (Lipinski definition) is 2. The molecule has 1 aliphatic rings. The summed E-state index contributed by atoms with van der Waals surface area (Å²) in [6.45, 7) is 1.59. The third-order valence-electron chi connectivity index (χ3n) is 3.69. The van der Waals surface area contributed by atoms with Crippen LogP contribution >= 0.6 is 11.8 Å². The van der Waals surface area contributed by atoms with Gasteiger partial charge in [0.15, 0.2) is 0 Å². The van der Waals surface area contributed by atoms with Gasteiger partial charge in [-0.2, -0.15) is 5.01 Å². The summed E-state index contributed by atoms with van der Waals surface area (Å²) in [7, 11) is 1.64. The minimum Gasteiger partial charge on any atom is -0.318 e. The van der Waals surface area contributed by atoms with Crippen LogP contribution in [0.4, 0.5) is 4.79 Å². The van der Waals surface area contributed by atoms with Crippen molar-refractivity contribution >= 4 is 29.6 Å². The fourth-order valence-corrected chi connectivity index (χ4v) is 2.98. The SMILES string of the molecule is Cn1nnnc1SCC(=O)NN1C(=O)NC(C)(c2ccccc2)C1=O. The van der Waals surface area contributed by atoms with Crippen molar-refractivity contribution in [2.24, 2.45) is 7.05 Å². The molecule has 0 spiro atoms. The minimum absolute atomic E-state index is 0.0483. The number of carbonyl (C=O) groups excluding carboxylic acids is 3. The van der Waals surface area contributed by atoms with Gasteiger partial charge in [-0.25, -0.2) is 9.48 Å². The zero-order valence-corrected chi connectivity index (χ0v) is 14.3. The molecule has 1 saturated heterocycles. The van der Waals surface area contributed by atoms with E-state index >= 15 is 0 Å². The lowest BCUT2D eigenvalue weighted by Crippen LogP contribution is -2.48.